The summed E-state index contributed by atoms with van der Waals surface area (Å²) in [4.78, 5) is 22.5. The first kappa shape index (κ1) is 18.3. The fraction of sp³-hybridized carbons (Fsp3) is 0.500. The highest BCUT2D eigenvalue weighted by Gasteiger charge is 2.03. The summed E-state index contributed by atoms with van der Waals surface area (Å²) in [7, 11) is 1.60. The first-order valence-electron chi connectivity index (χ1n) is 6.94. The van der Waals surface area contributed by atoms with Crippen molar-refractivity contribution in [1.82, 2.24) is 5.32 Å². The molecule has 1 aromatic rings. The van der Waals surface area contributed by atoms with Crippen LogP contribution in [0.1, 0.15) is 31.9 Å². The molecule has 0 aliphatic rings. The molecule has 0 aliphatic heterocycles. The molecule has 0 atom stereocenters. The van der Waals surface area contributed by atoms with Crippen LogP contribution in [0.4, 0.5) is 0 Å². The number of carbonyl (C=O) groups is 2. The second-order valence-electron chi connectivity index (χ2n) is 4.21. The average Bonchev–Trinajstić information content (AvgIpc) is 2.43. The zero-order chi connectivity index (χ0) is 15.4. The normalized spacial score (nSPS) is 9.40. The van der Waals surface area contributed by atoms with Crippen LogP contribution in [-0.4, -0.2) is 32.0 Å². The first-order valence-corrected chi connectivity index (χ1v) is 6.94. The summed E-state index contributed by atoms with van der Waals surface area (Å²) >= 11 is 0. The lowest BCUT2D eigenvalue weighted by molar-refractivity contribution is -0.120. The van der Waals surface area contributed by atoms with Crippen LogP contribution < -0.4 is 5.32 Å². The molecule has 1 aromatic carbocycles. The van der Waals surface area contributed by atoms with Gasteiger partial charge in [0.25, 0.3) is 0 Å². The predicted molar refractivity (Wildman–Crippen MR) is 80.8 cm³/mol. The summed E-state index contributed by atoms with van der Waals surface area (Å²) < 4.78 is 4.85. The number of hydrogen-bond acceptors (Lipinski definition) is 3. The molecular weight excluding hydrogens is 254 g/mol. The van der Waals surface area contributed by atoms with Crippen molar-refractivity contribution in [2.45, 2.75) is 33.6 Å². The van der Waals surface area contributed by atoms with Crippen LogP contribution in [-0.2, 0) is 27.2 Å². The lowest BCUT2D eigenvalue weighted by Gasteiger charge is -2.05. The molecule has 0 aromatic heterocycles. The van der Waals surface area contributed by atoms with Crippen LogP contribution in [0.5, 0.6) is 0 Å². The van der Waals surface area contributed by atoms with Gasteiger partial charge in [-0.3, -0.25) is 9.59 Å². The molecule has 0 spiro atoms. The predicted octanol–water partition coefficient (Wildman–Crippen LogP) is 2.15. The Hall–Kier alpha value is -1.68. The molecule has 0 aliphatic carbocycles. The number of methoxy groups -OCH3 is 1. The Morgan fingerprint density at radius 3 is 2.00 bits per heavy atom. The fourth-order valence-electron chi connectivity index (χ4n) is 1.60. The van der Waals surface area contributed by atoms with E-state index in [4.69, 9.17) is 4.74 Å². The highest BCUT2D eigenvalue weighted by Crippen LogP contribution is 2.06. The largest absolute Gasteiger partial charge is 0.383 e. The lowest BCUT2D eigenvalue weighted by Crippen LogP contribution is -2.28. The minimum absolute atomic E-state index is 0.0219. The Balaban J connectivity index is 0.00000172. The van der Waals surface area contributed by atoms with Crippen LogP contribution in [0, 0.1) is 0 Å². The molecular formula is C16H25NO3. The molecule has 0 radical (unpaired) electrons. The maximum Gasteiger partial charge on any atom is 0.224 e. The van der Waals surface area contributed by atoms with E-state index in [0.717, 1.165) is 11.1 Å². The third-order valence-corrected chi connectivity index (χ3v) is 2.47. The monoisotopic (exact) mass is 279 g/mol. The van der Waals surface area contributed by atoms with Crippen molar-refractivity contribution in [1.29, 1.82) is 0 Å². The zero-order valence-electron chi connectivity index (χ0n) is 12.9. The molecule has 1 rings (SSSR count). The molecule has 4 heteroatoms. The van der Waals surface area contributed by atoms with Crippen molar-refractivity contribution in [3.63, 3.8) is 0 Å². The van der Waals surface area contributed by atoms with E-state index in [1.165, 1.54) is 0 Å². The topological polar surface area (TPSA) is 55.4 Å². The standard InChI is InChI=1S/C14H19NO3.C2H6/c1-11(16)9-12-3-5-13(6-4-12)10-14(17)15-7-8-18-2;1-2/h3-6H,7-10H2,1-2H3,(H,15,17);1-2H3. The molecule has 20 heavy (non-hydrogen) atoms. The van der Waals surface area contributed by atoms with Gasteiger partial charge in [0, 0.05) is 20.1 Å². The van der Waals surface area contributed by atoms with Crippen molar-refractivity contribution < 1.29 is 14.3 Å². The van der Waals surface area contributed by atoms with Crippen LogP contribution in [0.25, 0.3) is 0 Å². The maximum absolute atomic E-state index is 11.5. The number of Topliss-reactive ketones (excluding diaryl/α,β-unsaturated/α-hetero) is 1. The van der Waals surface area contributed by atoms with E-state index in [9.17, 15) is 9.59 Å². The molecule has 0 saturated carbocycles. The number of rotatable bonds is 7. The van der Waals surface area contributed by atoms with Crippen molar-refractivity contribution in [3.05, 3.63) is 35.4 Å². The number of hydrogen-bond donors (Lipinski definition) is 1. The van der Waals surface area contributed by atoms with Gasteiger partial charge in [0.05, 0.1) is 13.0 Å². The Kier molecular flexibility index (Phi) is 10.2. The lowest BCUT2D eigenvalue weighted by atomic mass is 10.1. The molecule has 0 fully saturated rings. The van der Waals surface area contributed by atoms with Gasteiger partial charge in [-0.05, 0) is 18.1 Å². The minimum Gasteiger partial charge on any atom is -0.383 e. The molecule has 0 heterocycles. The molecule has 0 saturated heterocycles. The summed E-state index contributed by atoms with van der Waals surface area (Å²) in [6, 6.07) is 7.54. The fourth-order valence-corrected chi connectivity index (χ4v) is 1.60. The van der Waals surface area contributed by atoms with Crippen molar-refractivity contribution >= 4 is 11.7 Å². The molecule has 0 unspecified atom stereocenters. The summed E-state index contributed by atoms with van der Waals surface area (Å²) in [6.45, 7) is 6.61. The van der Waals surface area contributed by atoms with E-state index in [-0.39, 0.29) is 11.7 Å². The molecule has 1 N–H and O–H groups in total. The van der Waals surface area contributed by atoms with Crippen molar-refractivity contribution in [2.24, 2.45) is 0 Å². The van der Waals surface area contributed by atoms with E-state index >= 15 is 0 Å². The van der Waals surface area contributed by atoms with Gasteiger partial charge < -0.3 is 10.1 Å². The maximum atomic E-state index is 11.5. The number of amides is 1. The summed E-state index contributed by atoms with van der Waals surface area (Å²) in [6.07, 6.45) is 0.796. The average molecular weight is 279 g/mol. The minimum atomic E-state index is -0.0219. The Morgan fingerprint density at radius 2 is 1.55 bits per heavy atom. The molecule has 1 amide bonds. The van der Waals surface area contributed by atoms with Gasteiger partial charge in [0.1, 0.15) is 5.78 Å². The number of ether oxygens (including phenoxy) is 1. The second-order valence-corrected chi connectivity index (χ2v) is 4.21. The summed E-state index contributed by atoms with van der Waals surface area (Å²) in [5.74, 6) is 0.117. The van der Waals surface area contributed by atoms with Gasteiger partial charge in [-0.2, -0.15) is 0 Å². The van der Waals surface area contributed by atoms with Crippen LogP contribution in [0.15, 0.2) is 24.3 Å². The first-order chi connectivity index (χ1) is 9.61. The Bertz CT molecular complexity index is 399. The van der Waals surface area contributed by atoms with Crippen LogP contribution in [0.2, 0.25) is 0 Å². The van der Waals surface area contributed by atoms with Crippen LogP contribution >= 0.6 is 0 Å². The SMILES string of the molecule is CC.COCCNC(=O)Cc1ccc(CC(C)=O)cc1. The highest BCUT2D eigenvalue weighted by atomic mass is 16.5. The molecule has 0 bridgehead atoms. The number of carbonyl (C=O) groups excluding carboxylic acids is 2. The van der Waals surface area contributed by atoms with E-state index in [1.54, 1.807) is 14.0 Å². The van der Waals surface area contributed by atoms with Gasteiger partial charge in [-0.1, -0.05) is 38.1 Å². The Labute approximate surface area is 121 Å². The third kappa shape index (κ3) is 8.43. The van der Waals surface area contributed by atoms with E-state index in [0.29, 0.717) is 26.0 Å². The van der Waals surface area contributed by atoms with E-state index in [1.807, 2.05) is 38.1 Å². The summed E-state index contributed by atoms with van der Waals surface area (Å²) in [5.41, 5.74) is 1.92. The Morgan fingerprint density at radius 1 is 1.05 bits per heavy atom. The zero-order valence-corrected chi connectivity index (χ0v) is 12.9. The van der Waals surface area contributed by atoms with Gasteiger partial charge in [0.2, 0.25) is 5.91 Å². The quantitative estimate of drug-likeness (QED) is 0.778. The highest BCUT2D eigenvalue weighted by molar-refractivity contribution is 5.79. The van der Waals surface area contributed by atoms with E-state index in [2.05, 4.69) is 5.32 Å². The number of nitrogens with one attached hydrogen (secondary N) is 1. The van der Waals surface area contributed by atoms with Crippen LogP contribution in [0.3, 0.4) is 0 Å². The summed E-state index contributed by atoms with van der Waals surface area (Å²) in [5, 5.41) is 2.76. The molecule has 4 nitrogen and oxygen atoms in total. The smallest absolute Gasteiger partial charge is 0.224 e. The number of benzene rings is 1. The van der Waals surface area contributed by atoms with E-state index < -0.39 is 0 Å². The van der Waals surface area contributed by atoms with Gasteiger partial charge >= 0.3 is 0 Å². The third-order valence-electron chi connectivity index (χ3n) is 2.47. The van der Waals surface area contributed by atoms with Gasteiger partial charge in [0.15, 0.2) is 0 Å². The van der Waals surface area contributed by atoms with Crippen molar-refractivity contribution in [3.8, 4) is 0 Å². The van der Waals surface area contributed by atoms with Gasteiger partial charge in [-0.25, -0.2) is 0 Å². The van der Waals surface area contributed by atoms with Crippen molar-refractivity contribution in [2.75, 3.05) is 20.3 Å². The molecule has 112 valence electrons. The number of ketones is 1. The second kappa shape index (κ2) is 11.2. The van der Waals surface area contributed by atoms with Gasteiger partial charge in [-0.15, -0.1) is 0 Å².